The fourth-order valence-electron chi connectivity index (χ4n) is 4.53. The third kappa shape index (κ3) is 5.02. The van der Waals surface area contributed by atoms with Crippen molar-refractivity contribution < 1.29 is 9.59 Å². The van der Waals surface area contributed by atoms with E-state index in [9.17, 15) is 14.4 Å². The lowest BCUT2D eigenvalue weighted by molar-refractivity contribution is -0.117. The zero-order chi connectivity index (χ0) is 24.4. The maximum Gasteiger partial charge on any atom is 0.255 e. The quantitative estimate of drug-likeness (QED) is 0.559. The van der Waals surface area contributed by atoms with Gasteiger partial charge in [-0.2, -0.15) is 0 Å². The minimum absolute atomic E-state index is 0.0572. The smallest absolute Gasteiger partial charge is 0.255 e. The van der Waals surface area contributed by atoms with Gasteiger partial charge in [0, 0.05) is 44.2 Å². The van der Waals surface area contributed by atoms with E-state index < -0.39 is 0 Å². The SMILES string of the molecule is O=C(c1ccc(=O)[nH]c1)N1CCCC(c2nc(Nc3cncc(N4CCCC4=O)c3)ncc2Cl)C1. The van der Waals surface area contributed by atoms with Gasteiger partial charge in [0.15, 0.2) is 0 Å². The Hall–Kier alpha value is -3.79. The summed E-state index contributed by atoms with van der Waals surface area (Å²) in [6, 6.07) is 4.72. The number of nitrogens with zero attached hydrogens (tertiary/aromatic N) is 5. The van der Waals surface area contributed by atoms with Crippen molar-refractivity contribution in [3.8, 4) is 0 Å². The number of aromatic nitrogens is 4. The van der Waals surface area contributed by atoms with Gasteiger partial charge in [0.2, 0.25) is 17.4 Å². The van der Waals surface area contributed by atoms with Crippen LogP contribution in [0.4, 0.5) is 17.3 Å². The normalized spacial score (nSPS) is 18.1. The lowest BCUT2D eigenvalue weighted by Gasteiger charge is -2.33. The Kier molecular flexibility index (Phi) is 6.45. The zero-order valence-electron chi connectivity index (χ0n) is 18.9. The van der Waals surface area contributed by atoms with Crippen LogP contribution < -0.4 is 15.8 Å². The van der Waals surface area contributed by atoms with Crippen molar-refractivity contribution in [1.29, 1.82) is 0 Å². The number of amides is 2. The Bertz CT molecular complexity index is 1310. The number of nitrogens with one attached hydrogen (secondary N) is 2. The van der Waals surface area contributed by atoms with Crippen molar-refractivity contribution in [3.63, 3.8) is 0 Å². The molecule has 0 spiro atoms. The number of hydrogen-bond donors (Lipinski definition) is 2. The molecule has 11 heteroatoms. The molecule has 5 rings (SSSR count). The first-order valence-corrected chi connectivity index (χ1v) is 11.9. The molecular formula is C24H24ClN7O3. The largest absolute Gasteiger partial charge is 0.338 e. The van der Waals surface area contributed by atoms with Crippen LogP contribution in [0.25, 0.3) is 0 Å². The molecule has 35 heavy (non-hydrogen) atoms. The highest BCUT2D eigenvalue weighted by atomic mass is 35.5. The fraction of sp³-hybridized carbons (Fsp3) is 0.333. The predicted molar refractivity (Wildman–Crippen MR) is 131 cm³/mol. The molecule has 5 heterocycles. The Labute approximate surface area is 206 Å². The van der Waals surface area contributed by atoms with Gasteiger partial charge in [-0.15, -0.1) is 0 Å². The predicted octanol–water partition coefficient (Wildman–Crippen LogP) is 3.10. The number of likely N-dealkylation sites (tertiary alicyclic amines) is 1. The van der Waals surface area contributed by atoms with Gasteiger partial charge in [0.05, 0.1) is 46.2 Å². The van der Waals surface area contributed by atoms with Crippen LogP contribution in [0.5, 0.6) is 0 Å². The third-order valence-corrected chi connectivity index (χ3v) is 6.55. The van der Waals surface area contributed by atoms with E-state index in [1.165, 1.54) is 18.3 Å². The van der Waals surface area contributed by atoms with E-state index in [4.69, 9.17) is 11.6 Å². The van der Waals surface area contributed by atoms with E-state index in [0.29, 0.717) is 54.0 Å². The van der Waals surface area contributed by atoms with Crippen LogP contribution in [0.3, 0.4) is 0 Å². The van der Waals surface area contributed by atoms with E-state index in [2.05, 4.69) is 25.3 Å². The van der Waals surface area contributed by atoms with Crippen LogP contribution in [0.1, 0.15) is 47.7 Å². The Morgan fingerprint density at radius 3 is 2.80 bits per heavy atom. The second-order valence-electron chi connectivity index (χ2n) is 8.66. The summed E-state index contributed by atoms with van der Waals surface area (Å²) in [5.74, 6) is 0.249. The molecule has 180 valence electrons. The van der Waals surface area contributed by atoms with Gasteiger partial charge in [-0.1, -0.05) is 11.6 Å². The number of carbonyl (C=O) groups is 2. The molecule has 2 amide bonds. The molecular weight excluding hydrogens is 470 g/mol. The fourth-order valence-corrected chi connectivity index (χ4v) is 4.78. The van der Waals surface area contributed by atoms with Crippen molar-refractivity contribution in [2.45, 2.75) is 31.6 Å². The maximum absolute atomic E-state index is 12.9. The lowest BCUT2D eigenvalue weighted by atomic mass is 9.94. The lowest BCUT2D eigenvalue weighted by Crippen LogP contribution is -2.39. The molecule has 2 N–H and O–H groups in total. The average molecular weight is 494 g/mol. The van der Waals surface area contributed by atoms with Gasteiger partial charge in [0.25, 0.3) is 5.91 Å². The van der Waals surface area contributed by atoms with Gasteiger partial charge in [-0.25, -0.2) is 9.97 Å². The second kappa shape index (κ2) is 9.83. The Balaban J connectivity index is 1.33. The molecule has 0 saturated carbocycles. The highest BCUT2D eigenvalue weighted by molar-refractivity contribution is 6.31. The number of rotatable bonds is 5. The summed E-state index contributed by atoms with van der Waals surface area (Å²) in [7, 11) is 0. The van der Waals surface area contributed by atoms with Crippen molar-refractivity contribution in [2.24, 2.45) is 0 Å². The number of halogens is 1. The van der Waals surface area contributed by atoms with E-state index in [-0.39, 0.29) is 23.3 Å². The summed E-state index contributed by atoms with van der Waals surface area (Å²) in [6.07, 6.45) is 9.32. The molecule has 1 atom stereocenters. The maximum atomic E-state index is 12.9. The van der Waals surface area contributed by atoms with Crippen molar-refractivity contribution in [1.82, 2.24) is 24.8 Å². The molecule has 0 bridgehead atoms. The van der Waals surface area contributed by atoms with E-state index in [0.717, 1.165) is 24.9 Å². The molecule has 0 radical (unpaired) electrons. The second-order valence-corrected chi connectivity index (χ2v) is 9.07. The zero-order valence-corrected chi connectivity index (χ0v) is 19.7. The summed E-state index contributed by atoms with van der Waals surface area (Å²) >= 11 is 6.47. The van der Waals surface area contributed by atoms with Crippen LogP contribution >= 0.6 is 11.6 Å². The van der Waals surface area contributed by atoms with Gasteiger partial charge in [-0.3, -0.25) is 19.4 Å². The monoisotopic (exact) mass is 493 g/mol. The number of H-pyrrole nitrogens is 1. The number of aromatic amines is 1. The number of pyridine rings is 2. The molecule has 0 aliphatic carbocycles. The summed E-state index contributed by atoms with van der Waals surface area (Å²) in [5.41, 5.74) is 2.25. The molecule has 0 aromatic carbocycles. The van der Waals surface area contributed by atoms with Crippen LogP contribution in [0.15, 0.2) is 47.8 Å². The molecule has 2 aliphatic rings. The summed E-state index contributed by atoms with van der Waals surface area (Å²) in [4.78, 5) is 55.6. The molecule has 10 nitrogen and oxygen atoms in total. The number of carbonyl (C=O) groups excluding carboxylic acids is 2. The molecule has 3 aromatic heterocycles. The molecule has 2 fully saturated rings. The minimum atomic E-state index is -0.251. The standard InChI is InChI=1S/C24H24ClN7O3/c25-19-13-28-24(29-17-9-18(12-26-11-17)32-8-2-4-21(32)34)30-22(19)16-3-1-7-31(14-16)23(35)15-5-6-20(33)27-10-15/h5-6,9-13,16H,1-4,7-8,14H2,(H,27,33)(H,28,29,30). The number of hydrogen-bond acceptors (Lipinski definition) is 7. The number of piperidine rings is 1. The van der Waals surface area contributed by atoms with Crippen LogP contribution in [0.2, 0.25) is 5.02 Å². The summed E-state index contributed by atoms with van der Waals surface area (Å²) in [6.45, 7) is 1.76. The van der Waals surface area contributed by atoms with Crippen molar-refractivity contribution >= 4 is 40.7 Å². The first-order valence-electron chi connectivity index (χ1n) is 11.5. The molecule has 2 aliphatic heterocycles. The van der Waals surface area contributed by atoms with Gasteiger partial charge in [0.1, 0.15) is 0 Å². The van der Waals surface area contributed by atoms with Crippen molar-refractivity contribution in [2.75, 3.05) is 29.9 Å². The van der Waals surface area contributed by atoms with Crippen LogP contribution in [-0.2, 0) is 4.79 Å². The first-order chi connectivity index (χ1) is 17.0. The highest BCUT2D eigenvalue weighted by Gasteiger charge is 2.28. The van der Waals surface area contributed by atoms with E-state index >= 15 is 0 Å². The van der Waals surface area contributed by atoms with Gasteiger partial charge >= 0.3 is 0 Å². The molecule has 3 aromatic rings. The van der Waals surface area contributed by atoms with E-state index in [1.54, 1.807) is 28.4 Å². The van der Waals surface area contributed by atoms with Gasteiger partial charge in [-0.05, 0) is 31.4 Å². The highest BCUT2D eigenvalue weighted by Crippen LogP contribution is 2.32. The van der Waals surface area contributed by atoms with E-state index in [1.807, 2.05) is 6.07 Å². The van der Waals surface area contributed by atoms with Gasteiger partial charge < -0.3 is 20.1 Å². The number of anilines is 3. The summed E-state index contributed by atoms with van der Waals surface area (Å²) in [5, 5.41) is 3.60. The average Bonchev–Trinajstić information content (AvgIpc) is 3.31. The van der Waals surface area contributed by atoms with Crippen LogP contribution in [0, 0.1) is 0 Å². The topological polar surface area (TPSA) is 124 Å². The Morgan fingerprint density at radius 1 is 1.14 bits per heavy atom. The molecule has 2 saturated heterocycles. The summed E-state index contributed by atoms with van der Waals surface area (Å²) < 4.78 is 0. The first kappa shape index (κ1) is 23.0. The van der Waals surface area contributed by atoms with Crippen LogP contribution in [-0.4, -0.2) is 56.3 Å². The molecule has 1 unspecified atom stereocenters. The van der Waals surface area contributed by atoms with Crippen molar-refractivity contribution in [3.05, 3.63) is 69.6 Å². The Morgan fingerprint density at radius 2 is 2.03 bits per heavy atom. The minimum Gasteiger partial charge on any atom is -0.338 e. The third-order valence-electron chi connectivity index (χ3n) is 6.26.